The lowest BCUT2D eigenvalue weighted by Crippen LogP contribution is -2.00. The molecule has 0 aliphatic heterocycles. The van der Waals surface area contributed by atoms with Crippen LogP contribution in [0.5, 0.6) is 11.5 Å². The highest BCUT2D eigenvalue weighted by Crippen LogP contribution is 2.30. The van der Waals surface area contributed by atoms with Crippen molar-refractivity contribution in [3.8, 4) is 17.6 Å². The summed E-state index contributed by atoms with van der Waals surface area (Å²) in [6, 6.07) is 10.7. The van der Waals surface area contributed by atoms with Gasteiger partial charge in [0.15, 0.2) is 11.5 Å². The fourth-order valence-electron chi connectivity index (χ4n) is 1.85. The fourth-order valence-corrected chi connectivity index (χ4v) is 1.85. The summed E-state index contributed by atoms with van der Waals surface area (Å²) >= 11 is 0. The van der Waals surface area contributed by atoms with Crippen molar-refractivity contribution in [1.29, 1.82) is 5.26 Å². The molecule has 0 radical (unpaired) electrons. The third kappa shape index (κ3) is 3.71. The molecule has 2 rings (SSSR count). The van der Waals surface area contributed by atoms with E-state index in [9.17, 15) is 5.11 Å². The summed E-state index contributed by atoms with van der Waals surface area (Å²) in [7, 11) is 1.55. The van der Waals surface area contributed by atoms with Gasteiger partial charge in [-0.25, -0.2) is 4.98 Å². The minimum absolute atomic E-state index is 0.307. The second kappa shape index (κ2) is 6.73. The maximum atomic E-state index is 9.57. The van der Waals surface area contributed by atoms with Gasteiger partial charge in [-0.3, -0.25) is 0 Å². The number of pyridine rings is 1. The van der Waals surface area contributed by atoms with E-state index in [1.54, 1.807) is 50.6 Å². The van der Waals surface area contributed by atoms with Crippen molar-refractivity contribution in [3.05, 3.63) is 53.3 Å². The highest BCUT2D eigenvalue weighted by atomic mass is 16.5. The number of nitriles is 1. The van der Waals surface area contributed by atoms with Gasteiger partial charge in [0.1, 0.15) is 18.4 Å². The van der Waals surface area contributed by atoms with Gasteiger partial charge in [0.25, 0.3) is 0 Å². The Labute approximate surface area is 123 Å². The second-order valence-electron chi connectivity index (χ2n) is 4.54. The zero-order valence-corrected chi connectivity index (χ0v) is 11.9. The van der Waals surface area contributed by atoms with Crippen LogP contribution in [0.15, 0.2) is 36.5 Å². The van der Waals surface area contributed by atoms with Gasteiger partial charge in [-0.15, -0.1) is 0 Å². The zero-order valence-electron chi connectivity index (χ0n) is 11.9. The molecule has 0 aliphatic rings. The fraction of sp³-hybridized carbons (Fsp3) is 0.250. The summed E-state index contributed by atoms with van der Waals surface area (Å²) in [5.41, 5.74) is 1.96. The Morgan fingerprint density at radius 3 is 2.76 bits per heavy atom. The summed E-state index contributed by atoms with van der Waals surface area (Å²) in [6.45, 7) is 2.00. The number of hydrogen-bond donors (Lipinski definition) is 1. The molecule has 0 amide bonds. The summed E-state index contributed by atoms with van der Waals surface area (Å²) in [4.78, 5) is 3.91. The molecule has 0 saturated heterocycles. The van der Waals surface area contributed by atoms with Crippen molar-refractivity contribution >= 4 is 0 Å². The van der Waals surface area contributed by atoms with Gasteiger partial charge in [0.05, 0.1) is 13.2 Å². The molecule has 1 atom stereocenters. The Hall–Kier alpha value is -2.58. The average molecular weight is 284 g/mol. The van der Waals surface area contributed by atoms with E-state index < -0.39 is 6.10 Å². The largest absolute Gasteiger partial charge is 0.493 e. The topological polar surface area (TPSA) is 75.4 Å². The standard InChI is InChI=1S/C16H16N2O3/c1-11(19)13-3-4-15(16(8-13)20-2)21-10-12-5-6-18-14(7-12)9-17/h3-8,11,19H,10H2,1-2H3. The van der Waals surface area contributed by atoms with Crippen LogP contribution in [-0.2, 0) is 6.61 Å². The second-order valence-corrected chi connectivity index (χ2v) is 4.54. The number of aliphatic hydroxyl groups excluding tert-OH is 1. The van der Waals surface area contributed by atoms with Crippen molar-refractivity contribution in [2.45, 2.75) is 19.6 Å². The SMILES string of the molecule is COc1cc(C(C)O)ccc1OCc1ccnc(C#N)c1. The van der Waals surface area contributed by atoms with Crippen molar-refractivity contribution in [3.63, 3.8) is 0 Å². The van der Waals surface area contributed by atoms with Crippen LogP contribution in [0.3, 0.4) is 0 Å². The number of aliphatic hydroxyl groups is 1. The molecule has 1 unspecified atom stereocenters. The maximum absolute atomic E-state index is 9.57. The normalized spacial score (nSPS) is 11.5. The van der Waals surface area contributed by atoms with Gasteiger partial charge in [-0.05, 0) is 42.3 Å². The number of nitrogens with zero attached hydrogens (tertiary/aromatic N) is 2. The molecule has 0 saturated carbocycles. The van der Waals surface area contributed by atoms with E-state index in [4.69, 9.17) is 14.7 Å². The first-order valence-corrected chi connectivity index (χ1v) is 6.48. The molecule has 5 nitrogen and oxygen atoms in total. The van der Waals surface area contributed by atoms with Crippen LogP contribution in [-0.4, -0.2) is 17.2 Å². The third-order valence-electron chi connectivity index (χ3n) is 3.00. The van der Waals surface area contributed by atoms with Crippen LogP contribution in [0.4, 0.5) is 0 Å². The molecule has 1 heterocycles. The molecule has 0 bridgehead atoms. The van der Waals surface area contributed by atoms with E-state index in [1.807, 2.05) is 6.07 Å². The van der Waals surface area contributed by atoms with Crippen LogP contribution < -0.4 is 9.47 Å². The van der Waals surface area contributed by atoms with Gasteiger partial charge < -0.3 is 14.6 Å². The molecule has 2 aromatic rings. The summed E-state index contributed by atoms with van der Waals surface area (Å²) in [6.07, 6.45) is 1.01. The lowest BCUT2D eigenvalue weighted by Gasteiger charge is -2.13. The lowest BCUT2D eigenvalue weighted by molar-refractivity contribution is 0.198. The van der Waals surface area contributed by atoms with E-state index >= 15 is 0 Å². The molecule has 1 aromatic carbocycles. The third-order valence-corrected chi connectivity index (χ3v) is 3.00. The van der Waals surface area contributed by atoms with Crippen LogP contribution in [0, 0.1) is 11.3 Å². The van der Waals surface area contributed by atoms with Gasteiger partial charge in [0.2, 0.25) is 0 Å². The predicted octanol–water partition coefficient (Wildman–Crippen LogP) is 2.59. The number of hydrogen-bond acceptors (Lipinski definition) is 5. The van der Waals surface area contributed by atoms with E-state index in [0.717, 1.165) is 11.1 Å². The molecular weight excluding hydrogens is 268 g/mol. The zero-order chi connectivity index (χ0) is 15.2. The number of aromatic nitrogens is 1. The highest BCUT2D eigenvalue weighted by Gasteiger charge is 2.09. The predicted molar refractivity (Wildman–Crippen MR) is 76.9 cm³/mol. The van der Waals surface area contributed by atoms with Crippen LogP contribution in [0.2, 0.25) is 0 Å². The molecule has 1 N–H and O–H groups in total. The van der Waals surface area contributed by atoms with E-state index in [0.29, 0.717) is 23.8 Å². The smallest absolute Gasteiger partial charge is 0.161 e. The first-order valence-electron chi connectivity index (χ1n) is 6.48. The lowest BCUT2D eigenvalue weighted by atomic mass is 10.1. The van der Waals surface area contributed by atoms with Crippen molar-refractivity contribution in [2.75, 3.05) is 7.11 Å². The Morgan fingerprint density at radius 1 is 1.29 bits per heavy atom. The van der Waals surface area contributed by atoms with Crippen molar-refractivity contribution < 1.29 is 14.6 Å². The maximum Gasteiger partial charge on any atom is 0.161 e. The van der Waals surface area contributed by atoms with Crippen LogP contribution in [0.25, 0.3) is 0 Å². The average Bonchev–Trinajstić information content (AvgIpc) is 2.52. The first-order chi connectivity index (χ1) is 10.1. The Bertz CT molecular complexity index is 663. The summed E-state index contributed by atoms with van der Waals surface area (Å²) < 4.78 is 11.0. The Kier molecular flexibility index (Phi) is 4.75. The van der Waals surface area contributed by atoms with E-state index in [-0.39, 0.29) is 0 Å². The molecule has 0 fully saturated rings. The summed E-state index contributed by atoms with van der Waals surface area (Å²) in [5.74, 6) is 1.14. The highest BCUT2D eigenvalue weighted by molar-refractivity contribution is 5.43. The monoisotopic (exact) mass is 284 g/mol. The van der Waals surface area contributed by atoms with Gasteiger partial charge in [-0.1, -0.05) is 6.07 Å². The number of ether oxygens (including phenoxy) is 2. The molecule has 21 heavy (non-hydrogen) atoms. The molecular formula is C16H16N2O3. The molecule has 0 aliphatic carbocycles. The number of rotatable bonds is 5. The van der Waals surface area contributed by atoms with Gasteiger partial charge in [-0.2, -0.15) is 5.26 Å². The van der Waals surface area contributed by atoms with E-state index in [1.165, 1.54) is 0 Å². The summed E-state index contributed by atoms with van der Waals surface area (Å²) in [5, 5.41) is 18.4. The quantitative estimate of drug-likeness (QED) is 0.913. The first kappa shape index (κ1) is 14.8. The number of methoxy groups -OCH3 is 1. The molecule has 5 heteroatoms. The van der Waals surface area contributed by atoms with Crippen molar-refractivity contribution in [1.82, 2.24) is 4.98 Å². The van der Waals surface area contributed by atoms with Crippen LogP contribution >= 0.6 is 0 Å². The molecule has 0 spiro atoms. The Balaban J connectivity index is 2.14. The molecule has 108 valence electrons. The van der Waals surface area contributed by atoms with E-state index in [2.05, 4.69) is 4.98 Å². The van der Waals surface area contributed by atoms with Gasteiger partial charge >= 0.3 is 0 Å². The number of benzene rings is 1. The minimum Gasteiger partial charge on any atom is -0.493 e. The van der Waals surface area contributed by atoms with Gasteiger partial charge in [0, 0.05) is 6.20 Å². The minimum atomic E-state index is -0.564. The van der Waals surface area contributed by atoms with Crippen molar-refractivity contribution in [2.24, 2.45) is 0 Å². The Morgan fingerprint density at radius 2 is 2.10 bits per heavy atom. The van der Waals surface area contributed by atoms with Crippen LogP contribution in [0.1, 0.15) is 29.8 Å². The molecule has 1 aromatic heterocycles.